The minimum atomic E-state index is -0.833. The van der Waals surface area contributed by atoms with Gasteiger partial charge >= 0.3 is 0 Å². The highest BCUT2D eigenvalue weighted by molar-refractivity contribution is 6.31. The van der Waals surface area contributed by atoms with E-state index in [1.54, 1.807) is 42.5 Å². The van der Waals surface area contributed by atoms with Crippen LogP contribution in [0, 0.1) is 0 Å². The number of nitrogens with one attached hydrogen (secondary N) is 2. The Hall–Kier alpha value is -2.73. The molecule has 0 radical (unpaired) electrons. The fourth-order valence-electron chi connectivity index (χ4n) is 2.22. The van der Waals surface area contributed by atoms with Crippen LogP contribution in [0.3, 0.4) is 0 Å². The summed E-state index contributed by atoms with van der Waals surface area (Å²) in [5.74, 6) is 0.209. The minimum absolute atomic E-state index is 0.0603. The predicted molar refractivity (Wildman–Crippen MR) is 87.8 cm³/mol. The molecular formula is C17H15ClN2O4. The van der Waals surface area contributed by atoms with Gasteiger partial charge in [-0.1, -0.05) is 41.9 Å². The first-order chi connectivity index (χ1) is 11.6. The average molecular weight is 347 g/mol. The van der Waals surface area contributed by atoms with E-state index in [4.69, 9.17) is 21.1 Å². The molecule has 24 heavy (non-hydrogen) atoms. The van der Waals surface area contributed by atoms with Crippen LogP contribution in [-0.4, -0.2) is 24.5 Å². The fraction of sp³-hybridized carbons (Fsp3) is 0.176. The number of fused-ring (bicyclic) bond motifs is 1. The van der Waals surface area contributed by atoms with E-state index in [-0.39, 0.29) is 18.9 Å². The molecule has 2 amide bonds. The van der Waals surface area contributed by atoms with Gasteiger partial charge in [0, 0.05) is 5.02 Å². The quantitative estimate of drug-likeness (QED) is 0.832. The second-order valence-electron chi connectivity index (χ2n) is 5.17. The first-order valence-electron chi connectivity index (χ1n) is 7.34. The maximum absolute atomic E-state index is 12.1. The van der Waals surface area contributed by atoms with Crippen molar-refractivity contribution in [3.63, 3.8) is 0 Å². The van der Waals surface area contributed by atoms with Crippen LogP contribution < -0.4 is 20.3 Å². The zero-order valence-electron chi connectivity index (χ0n) is 12.6. The van der Waals surface area contributed by atoms with Gasteiger partial charge in [0.15, 0.2) is 11.5 Å². The third-order valence-corrected chi connectivity index (χ3v) is 3.80. The normalized spacial score (nSPS) is 15.5. The molecule has 0 saturated carbocycles. The summed E-state index contributed by atoms with van der Waals surface area (Å²) in [5, 5.41) is 0.500. The highest BCUT2D eigenvalue weighted by Crippen LogP contribution is 2.30. The molecule has 2 aromatic rings. The Morgan fingerprint density at radius 2 is 1.75 bits per heavy atom. The Balaban J connectivity index is 1.51. The lowest BCUT2D eigenvalue weighted by molar-refractivity contribution is -0.134. The van der Waals surface area contributed by atoms with Gasteiger partial charge in [0.2, 0.25) is 12.0 Å². The maximum atomic E-state index is 12.1. The molecule has 1 aliphatic heterocycles. The summed E-state index contributed by atoms with van der Waals surface area (Å²) in [4.78, 5) is 24.0. The lowest BCUT2D eigenvalue weighted by atomic mass is 10.1. The van der Waals surface area contributed by atoms with E-state index in [1.807, 2.05) is 6.07 Å². The van der Waals surface area contributed by atoms with Crippen LogP contribution in [-0.2, 0) is 16.0 Å². The number of para-hydroxylation sites is 2. The lowest BCUT2D eigenvalue weighted by Gasteiger charge is -2.25. The molecule has 0 spiro atoms. The van der Waals surface area contributed by atoms with Crippen LogP contribution in [0.4, 0.5) is 0 Å². The van der Waals surface area contributed by atoms with Crippen molar-refractivity contribution in [2.45, 2.75) is 12.5 Å². The molecule has 7 heteroatoms. The van der Waals surface area contributed by atoms with Crippen molar-refractivity contribution in [3.05, 3.63) is 59.1 Å². The molecule has 3 rings (SSSR count). The largest absolute Gasteiger partial charge is 0.485 e. The Morgan fingerprint density at radius 1 is 1.04 bits per heavy atom. The third kappa shape index (κ3) is 3.78. The molecule has 0 fully saturated rings. The van der Waals surface area contributed by atoms with E-state index < -0.39 is 12.0 Å². The number of halogens is 1. The Bertz CT molecular complexity index is 766. The highest BCUT2D eigenvalue weighted by Gasteiger charge is 2.27. The number of ether oxygens (including phenoxy) is 2. The topological polar surface area (TPSA) is 76.7 Å². The van der Waals surface area contributed by atoms with Gasteiger partial charge in [-0.2, -0.15) is 0 Å². The van der Waals surface area contributed by atoms with Crippen molar-refractivity contribution in [3.8, 4) is 11.5 Å². The highest BCUT2D eigenvalue weighted by atomic mass is 35.5. The lowest BCUT2D eigenvalue weighted by Crippen LogP contribution is -2.51. The summed E-state index contributed by atoms with van der Waals surface area (Å²) in [6.07, 6.45) is -0.773. The van der Waals surface area contributed by atoms with Crippen molar-refractivity contribution in [2.24, 2.45) is 0 Å². The van der Waals surface area contributed by atoms with Gasteiger partial charge in [0.1, 0.15) is 6.61 Å². The number of hydrogen-bond acceptors (Lipinski definition) is 4. The van der Waals surface area contributed by atoms with Crippen molar-refractivity contribution in [1.29, 1.82) is 0 Å². The summed E-state index contributed by atoms with van der Waals surface area (Å²) < 4.78 is 11.0. The number of carbonyl (C=O) groups is 2. The molecule has 0 bridgehead atoms. The van der Waals surface area contributed by atoms with Gasteiger partial charge in [0.05, 0.1) is 6.42 Å². The summed E-state index contributed by atoms with van der Waals surface area (Å²) in [6, 6.07) is 14.1. The zero-order valence-corrected chi connectivity index (χ0v) is 13.4. The van der Waals surface area contributed by atoms with Crippen molar-refractivity contribution >= 4 is 23.4 Å². The standard InChI is InChI=1S/C17H15ClN2O4/c18-12-6-2-1-5-11(12)9-16(21)19-20-17(22)15-10-23-13-7-3-4-8-14(13)24-15/h1-8,15H,9-10H2,(H,19,21)(H,20,22)/t15-/m1/s1. The molecule has 6 nitrogen and oxygen atoms in total. The first-order valence-corrected chi connectivity index (χ1v) is 7.72. The molecular weight excluding hydrogens is 332 g/mol. The summed E-state index contributed by atoms with van der Waals surface area (Å²) in [5.41, 5.74) is 5.36. The van der Waals surface area contributed by atoms with Gasteiger partial charge in [0.25, 0.3) is 5.91 Å². The molecule has 0 unspecified atom stereocenters. The zero-order chi connectivity index (χ0) is 16.9. The molecule has 0 saturated heterocycles. The van der Waals surface area contributed by atoms with Crippen LogP contribution in [0.15, 0.2) is 48.5 Å². The summed E-state index contributed by atoms with van der Waals surface area (Å²) >= 11 is 6.00. The smallest absolute Gasteiger partial charge is 0.283 e. The van der Waals surface area contributed by atoms with Crippen LogP contribution in [0.25, 0.3) is 0 Å². The number of carbonyl (C=O) groups excluding carboxylic acids is 2. The van der Waals surface area contributed by atoms with Crippen molar-refractivity contribution in [1.82, 2.24) is 10.9 Å². The van der Waals surface area contributed by atoms with Gasteiger partial charge in [-0.25, -0.2) is 0 Å². The van der Waals surface area contributed by atoms with Crippen LogP contribution in [0.1, 0.15) is 5.56 Å². The van der Waals surface area contributed by atoms with Crippen molar-refractivity contribution in [2.75, 3.05) is 6.61 Å². The first kappa shape index (κ1) is 16.1. The van der Waals surface area contributed by atoms with Crippen LogP contribution in [0.2, 0.25) is 5.02 Å². The van der Waals surface area contributed by atoms with Gasteiger partial charge in [-0.15, -0.1) is 0 Å². The molecule has 0 aromatic heterocycles. The molecule has 1 heterocycles. The van der Waals surface area contributed by atoms with Crippen LogP contribution >= 0.6 is 11.6 Å². The van der Waals surface area contributed by atoms with E-state index >= 15 is 0 Å². The number of rotatable bonds is 3. The molecule has 1 atom stereocenters. The fourth-order valence-corrected chi connectivity index (χ4v) is 2.42. The van der Waals surface area contributed by atoms with Gasteiger partial charge in [-0.3, -0.25) is 20.4 Å². The second-order valence-corrected chi connectivity index (χ2v) is 5.58. The second kappa shape index (κ2) is 7.23. The Kier molecular flexibility index (Phi) is 4.86. The monoisotopic (exact) mass is 346 g/mol. The van der Waals surface area contributed by atoms with Gasteiger partial charge < -0.3 is 9.47 Å². The molecule has 2 N–H and O–H groups in total. The van der Waals surface area contributed by atoms with Crippen molar-refractivity contribution < 1.29 is 19.1 Å². The minimum Gasteiger partial charge on any atom is -0.485 e. The van der Waals surface area contributed by atoms with E-state index in [1.165, 1.54) is 0 Å². The van der Waals surface area contributed by atoms with E-state index in [0.29, 0.717) is 22.1 Å². The number of hydrogen-bond donors (Lipinski definition) is 2. The molecule has 124 valence electrons. The molecule has 2 aromatic carbocycles. The molecule has 0 aliphatic carbocycles. The summed E-state index contributed by atoms with van der Waals surface area (Å²) in [6.45, 7) is 0.0726. The SMILES string of the molecule is O=C(Cc1ccccc1Cl)NNC(=O)[C@H]1COc2ccccc2O1. The number of amides is 2. The third-order valence-electron chi connectivity index (χ3n) is 3.43. The Morgan fingerprint density at radius 3 is 2.54 bits per heavy atom. The van der Waals surface area contributed by atoms with E-state index in [0.717, 1.165) is 0 Å². The number of hydrazine groups is 1. The van der Waals surface area contributed by atoms with Gasteiger partial charge in [-0.05, 0) is 23.8 Å². The Labute approximate surface area is 143 Å². The van der Waals surface area contributed by atoms with Crippen LogP contribution in [0.5, 0.6) is 11.5 Å². The summed E-state index contributed by atoms with van der Waals surface area (Å²) in [7, 11) is 0. The number of benzene rings is 2. The van der Waals surface area contributed by atoms with E-state index in [2.05, 4.69) is 10.9 Å². The van der Waals surface area contributed by atoms with E-state index in [9.17, 15) is 9.59 Å². The molecule has 1 aliphatic rings. The maximum Gasteiger partial charge on any atom is 0.283 e. The predicted octanol–water partition coefficient (Wildman–Crippen LogP) is 1.87. The average Bonchev–Trinajstić information content (AvgIpc) is 2.61.